The highest BCUT2D eigenvalue weighted by Crippen LogP contribution is 2.43. The van der Waals surface area contributed by atoms with Crippen LogP contribution in [0.5, 0.6) is 0 Å². The van der Waals surface area contributed by atoms with E-state index in [9.17, 15) is 13.2 Å². The predicted molar refractivity (Wildman–Crippen MR) is 48.7 cm³/mol. The van der Waals surface area contributed by atoms with Crippen molar-refractivity contribution in [2.45, 2.75) is 6.18 Å². The number of rotatable bonds is 0. The third-order valence-corrected chi connectivity index (χ3v) is 2.48. The van der Waals surface area contributed by atoms with Crippen molar-refractivity contribution in [2.24, 2.45) is 0 Å². The fourth-order valence-electron chi connectivity index (χ4n) is 0.765. The van der Waals surface area contributed by atoms with Gasteiger partial charge in [0.1, 0.15) is 21.6 Å². The lowest BCUT2D eigenvalue weighted by molar-refractivity contribution is -0.137. The molecule has 78 valence electrons. The molecule has 0 aliphatic carbocycles. The van der Waals surface area contributed by atoms with E-state index in [1.165, 1.54) is 0 Å². The number of alkyl halides is 3. The number of halogens is 6. The molecule has 2 N–H and O–H groups in total. The van der Waals surface area contributed by atoms with E-state index in [4.69, 9.17) is 40.5 Å². The maximum Gasteiger partial charge on any atom is 0.420 e. The average Bonchev–Trinajstić information content (AvgIpc) is 1.97. The third kappa shape index (κ3) is 1.99. The zero-order valence-corrected chi connectivity index (χ0v) is 8.56. The Kier molecular flexibility index (Phi) is 3.04. The first-order valence-electron chi connectivity index (χ1n) is 3.12. The summed E-state index contributed by atoms with van der Waals surface area (Å²) < 4.78 is 36.9. The van der Waals surface area contributed by atoms with E-state index in [0.717, 1.165) is 0 Å². The van der Waals surface area contributed by atoms with Gasteiger partial charge >= 0.3 is 6.18 Å². The highest BCUT2D eigenvalue weighted by atomic mass is 35.5. The van der Waals surface area contributed by atoms with Crippen LogP contribution in [0.2, 0.25) is 15.2 Å². The van der Waals surface area contributed by atoms with Crippen molar-refractivity contribution in [3.05, 3.63) is 20.8 Å². The van der Waals surface area contributed by atoms with Crippen LogP contribution in [0.4, 0.5) is 19.0 Å². The number of pyridine rings is 1. The molecule has 0 aliphatic heterocycles. The molecule has 2 nitrogen and oxygen atoms in total. The Bertz CT molecular complexity index is 378. The Morgan fingerprint density at radius 3 is 2.00 bits per heavy atom. The lowest BCUT2D eigenvalue weighted by Gasteiger charge is -2.12. The van der Waals surface area contributed by atoms with Gasteiger partial charge in [-0.05, 0) is 0 Å². The van der Waals surface area contributed by atoms with Gasteiger partial charge in [-0.1, -0.05) is 34.8 Å². The molecular formula is C6H2Cl3F3N2. The molecule has 0 radical (unpaired) electrons. The Morgan fingerprint density at radius 2 is 1.57 bits per heavy atom. The van der Waals surface area contributed by atoms with Crippen molar-refractivity contribution >= 4 is 40.6 Å². The van der Waals surface area contributed by atoms with E-state index >= 15 is 0 Å². The van der Waals surface area contributed by atoms with E-state index in [1.807, 2.05) is 0 Å². The zero-order chi connectivity index (χ0) is 11.1. The van der Waals surface area contributed by atoms with Gasteiger partial charge in [-0.2, -0.15) is 13.2 Å². The quantitative estimate of drug-likeness (QED) is 0.727. The largest absolute Gasteiger partial charge is 0.420 e. The molecule has 0 unspecified atom stereocenters. The second-order valence-corrected chi connectivity index (χ2v) is 3.40. The van der Waals surface area contributed by atoms with E-state index in [1.54, 1.807) is 0 Å². The molecular weight excluding hydrogens is 263 g/mol. The molecule has 0 spiro atoms. The molecule has 0 saturated heterocycles. The first-order chi connectivity index (χ1) is 6.25. The molecule has 1 rings (SSSR count). The van der Waals surface area contributed by atoms with Crippen LogP contribution in [0.25, 0.3) is 0 Å². The van der Waals surface area contributed by atoms with Crippen molar-refractivity contribution in [2.75, 3.05) is 5.73 Å². The number of anilines is 1. The fourth-order valence-corrected chi connectivity index (χ4v) is 1.54. The van der Waals surface area contributed by atoms with Crippen LogP contribution >= 0.6 is 34.8 Å². The van der Waals surface area contributed by atoms with Crippen LogP contribution in [0, 0.1) is 0 Å². The van der Waals surface area contributed by atoms with Crippen LogP contribution in [0.15, 0.2) is 0 Å². The van der Waals surface area contributed by atoms with E-state index in [-0.39, 0.29) is 5.82 Å². The van der Waals surface area contributed by atoms with Crippen LogP contribution < -0.4 is 5.73 Å². The van der Waals surface area contributed by atoms with Gasteiger partial charge in [-0.3, -0.25) is 0 Å². The molecule has 14 heavy (non-hydrogen) atoms. The van der Waals surface area contributed by atoms with Crippen LogP contribution in [-0.4, -0.2) is 4.98 Å². The number of hydrogen-bond acceptors (Lipinski definition) is 2. The van der Waals surface area contributed by atoms with Gasteiger partial charge < -0.3 is 5.73 Å². The maximum atomic E-state index is 12.3. The molecule has 0 fully saturated rings. The number of nitrogen functional groups attached to an aromatic ring is 1. The molecule has 8 heteroatoms. The standard InChI is InChI=1S/C6H2Cl3F3N2/c7-2-1(6(10,11)12)4(9)14-5(13)3(2)8/h(H2,13,14). The van der Waals surface area contributed by atoms with Crippen LogP contribution in [0.1, 0.15) is 5.56 Å². The number of hydrogen-bond donors (Lipinski definition) is 1. The van der Waals surface area contributed by atoms with Crippen molar-refractivity contribution < 1.29 is 13.2 Å². The monoisotopic (exact) mass is 264 g/mol. The lowest BCUT2D eigenvalue weighted by Crippen LogP contribution is -2.09. The van der Waals surface area contributed by atoms with E-state index < -0.39 is 26.9 Å². The smallest absolute Gasteiger partial charge is 0.382 e. The molecule has 1 heterocycles. The Hall–Kier alpha value is -0.390. The van der Waals surface area contributed by atoms with Gasteiger partial charge in [-0.15, -0.1) is 0 Å². The summed E-state index contributed by atoms with van der Waals surface area (Å²) >= 11 is 16.0. The Balaban J connectivity index is 3.53. The van der Waals surface area contributed by atoms with Gasteiger partial charge in [0.25, 0.3) is 0 Å². The summed E-state index contributed by atoms with van der Waals surface area (Å²) in [6.45, 7) is 0. The van der Waals surface area contributed by atoms with Crippen molar-refractivity contribution in [1.29, 1.82) is 0 Å². The number of nitrogens with zero attached hydrogens (tertiary/aromatic N) is 1. The summed E-state index contributed by atoms with van der Waals surface area (Å²) in [5.74, 6) is -0.338. The third-order valence-electron chi connectivity index (χ3n) is 1.35. The van der Waals surface area contributed by atoms with Gasteiger partial charge in [0.05, 0.1) is 5.02 Å². The summed E-state index contributed by atoms with van der Waals surface area (Å²) in [7, 11) is 0. The number of aromatic nitrogens is 1. The van der Waals surface area contributed by atoms with Gasteiger partial charge in [-0.25, -0.2) is 4.98 Å². The molecule has 0 saturated carbocycles. The second kappa shape index (κ2) is 3.64. The van der Waals surface area contributed by atoms with Gasteiger partial charge in [0.2, 0.25) is 0 Å². The summed E-state index contributed by atoms with van der Waals surface area (Å²) in [6.07, 6.45) is -4.71. The molecule has 0 aromatic carbocycles. The topological polar surface area (TPSA) is 38.9 Å². The maximum absolute atomic E-state index is 12.3. The second-order valence-electron chi connectivity index (χ2n) is 2.29. The van der Waals surface area contributed by atoms with Crippen LogP contribution in [-0.2, 0) is 6.18 Å². The summed E-state index contributed by atoms with van der Waals surface area (Å²) in [4.78, 5) is 3.21. The summed E-state index contributed by atoms with van der Waals surface area (Å²) in [5.41, 5.74) is 3.88. The highest BCUT2D eigenvalue weighted by Gasteiger charge is 2.38. The number of nitrogens with two attached hydrogens (primary N) is 1. The first kappa shape index (κ1) is 11.7. The van der Waals surface area contributed by atoms with Crippen molar-refractivity contribution in [3.8, 4) is 0 Å². The summed E-state index contributed by atoms with van der Waals surface area (Å²) in [5, 5.41) is -2.01. The lowest BCUT2D eigenvalue weighted by atomic mass is 10.2. The summed E-state index contributed by atoms with van der Waals surface area (Å²) in [6, 6.07) is 0. The van der Waals surface area contributed by atoms with Crippen molar-refractivity contribution in [1.82, 2.24) is 4.98 Å². The average molecular weight is 265 g/mol. The zero-order valence-electron chi connectivity index (χ0n) is 6.29. The minimum Gasteiger partial charge on any atom is -0.382 e. The Morgan fingerprint density at radius 1 is 1.07 bits per heavy atom. The molecule has 0 bridgehead atoms. The van der Waals surface area contributed by atoms with E-state index in [0.29, 0.717) is 0 Å². The van der Waals surface area contributed by atoms with Gasteiger partial charge in [0, 0.05) is 0 Å². The van der Waals surface area contributed by atoms with Crippen LogP contribution in [0.3, 0.4) is 0 Å². The molecule has 0 aliphatic rings. The molecule has 1 aromatic heterocycles. The Labute approximate surface area is 91.8 Å². The normalized spacial score (nSPS) is 11.9. The van der Waals surface area contributed by atoms with E-state index in [2.05, 4.69) is 4.98 Å². The predicted octanol–water partition coefficient (Wildman–Crippen LogP) is 3.64. The van der Waals surface area contributed by atoms with Gasteiger partial charge in [0.15, 0.2) is 0 Å². The first-order valence-corrected chi connectivity index (χ1v) is 4.25. The highest BCUT2D eigenvalue weighted by molar-refractivity contribution is 6.45. The minimum absolute atomic E-state index is 0.338. The molecule has 0 amide bonds. The van der Waals surface area contributed by atoms with Crippen molar-refractivity contribution in [3.63, 3.8) is 0 Å². The molecule has 0 atom stereocenters. The minimum atomic E-state index is -4.71. The molecule has 1 aromatic rings. The SMILES string of the molecule is Nc1nc(Cl)c(C(F)(F)F)c(Cl)c1Cl. The fraction of sp³-hybridized carbons (Fsp3) is 0.167.